The fourth-order valence-electron chi connectivity index (χ4n) is 0.934. The molecule has 0 saturated carbocycles. The molecule has 0 amide bonds. The summed E-state index contributed by atoms with van der Waals surface area (Å²) in [7, 11) is 0. The van der Waals surface area contributed by atoms with Gasteiger partial charge in [-0.25, -0.2) is 0 Å². The van der Waals surface area contributed by atoms with Crippen molar-refractivity contribution in [1.82, 2.24) is 10.6 Å². The molecule has 5 heteroatoms. The van der Waals surface area contributed by atoms with Crippen LogP contribution in [0, 0.1) is 0 Å². The molecule has 0 fully saturated rings. The van der Waals surface area contributed by atoms with E-state index in [0.717, 1.165) is 5.56 Å². The first-order chi connectivity index (χ1) is 6.68. The van der Waals surface area contributed by atoms with Crippen LogP contribution in [0.2, 0.25) is 0 Å². The largest absolute Gasteiger partial charge is 0.376 e. The topological polar surface area (TPSA) is 50.1 Å². The van der Waals surface area contributed by atoms with Crippen LogP contribution in [0.15, 0.2) is 30.3 Å². The first kappa shape index (κ1) is 10.9. The van der Waals surface area contributed by atoms with Gasteiger partial charge in [-0.1, -0.05) is 30.3 Å². The Hall–Kier alpha value is -1.20. The molecule has 1 rings (SSSR count). The van der Waals surface area contributed by atoms with Gasteiger partial charge in [0.25, 0.3) is 0 Å². The lowest BCUT2D eigenvalue weighted by Gasteiger charge is -2.08. The van der Waals surface area contributed by atoms with E-state index in [2.05, 4.69) is 22.9 Å². The molecule has 0 saturated heterocycles. The highest BCUT2D eigenvalue weighted by molar-refractivity contribution is 7.81. The minimum atomic E-state index is 0.176. The highest BCUT2D eigenvalue weighted by Gasteiger charge is 1.95. The third kappa shape index (κ3) is 4.15. The van der Waals surface area contributed by atoms with Crippen molar-refractivity contribution in [3.05, 3.63) is 35.9 Å². The van der Waals surface area contributed by atoms with E-state index in [0.29, 0.717) is 11.7 Å². The van der Waals surface area contributed by atoms with Gasteiger partial charge in [-0.15, -0.1) is 0 Å². The maximum atomic E-state index is 5.26. The molecule has 0 heterocycles. The third-order valence-corrected chi connectivity index (χ3v) is 1.88. The fourth-order valence-corrected chi connectivity index (χ4v) is 1.28. The van der Waals surface area contributed by atoms with Gasteiger partial charge in [-0.05, 0) is 30.0 Å². The van der Waals surface area contributed by atoms with Gasteiger partial charge in [-0.2, -0.15) is 0 Å². The Bertz CT molecular complexity index is 324. The molecule has 0 aromatic heterocycles. The first-order valence-corrected chi connectivity index (χ1v) is 4.88. The average Bonchev–Trinajstić information content (AvgIpc) is 2.15. The minimum Gasteiger partial charge on any atom is -0.376 e. The van der Waals surface area contributed by atoms with E-state index in [1.165, 1.54) is 0 Å². The molecule has 0 radical (unpaired) electrons. The number of rotatable bonds is 2. The minimum absolute atomic E-state index is 0.176. The Morgan fingerprint density at radius 2 is 1.86 bits per heavy atom. The Morgan fingerprint density at radius 1 is 1.21 bits per heavy atom. The molecule has 0 unspecified atom stereocenters. The van der Waals surface area contributed by atoms with Crippen molar-refractivity contribution in [2.75, 3.05) is 0 Å². The monoisotopic (exact) mass is 225 g/mol. The van der Waals surface area contributed by atoms with Crippen LogP contribution in [0.1, 0.15) is 5.56 Å². The molecule has 0 aliphatic rings. The summed E-state index contributed by atoms with van der Waals surface area (Å²) in [6, 6.07) is 9.93. The van der Waals surface area contributed by atoms with Crippen LogP contribution >= 0.6 is 24.4 Å². The van der Waals surface area contributed by atoms with E-state index >= 15 is 0 Å². The van der Waals surface area contributed by atoms with Crippen molar-refractivity contribution >= 4 is 34.7 Å². The normalized spacial score (nSPS) is 9.14. The van der Waals surface area contributed by atoms with Crippen LogP contribution in [-0.4, -0.2) is 10.2 Å². The summed E-state index contributed by atoms with van der Waals surface area (Å²) in [4.78, 5) is 0. The first-order valence-electron chi connectivity index (χ1n) is 4.06. The fraction of sp³-hybridized carbons (Fsp3) is 0.111. The standard InChI is InChI=1S/C9H11N3S2/c10-8(13)12-9(14)11-6-7-4-2-1-3-5-7/h1-5H,6H2,(H4,10,11,12,13,14). The van der Waals surface area contributed by atoms with Crippen molar-refractivity contribution in [2.45, 2.75) is 6.54 Å². The van der Waals surface area contributed by atoms with Gasteiger partial charge in [0.1, 0.15) is 0 Å². The lowest BCUT2D eigenvalue weighted by Crippen LogP contribution is -2.41. The summed E-state index contributed by atoms with van der Waals surface area (Å²) in [6.07, 6.45) is 0. The molecular formula is C9H11N3S2. The van der Waals surface area contributed by atoms with Gasteiger partial charge >= 0.3 is 0 Å². The summed E-state index contributed by atoms with van der Waals surface area (Å²) in [6.45, 7) is 0.662. The predicted octanol–water partition coefficient (Wildman–Crippen LogP) is 0.894. The lowest BCUT2D eigenvalue weighted by atomic mass is 10.2. The second-order valence-corrected chi connectivity index (χ2v) is 3.51. The molecule has 0 aliphatic heterocycles. The van der Waals surface area contributed by atoms with E-state index in [9.17, 15) is 0 Å². The van der Waals surface area contributed by atoms with Crippen LogP contribution in [0.3, 0.4) is 0 Å². The molecule has 3 nitrogen and oxygen atoms in total. The molecule has 0 atom stereocenters. The molecule has 0 aliphatic carbocycles. The Balaban J connectivity index is 2.34. The summed E-state index contributed by atoms with van der Waals surface area (Å²) >= 11 is 9.58. The van der Waals surface area contributed by atoms with Gasteiger partial charge in [-0.3, -0.25) is 0 Å². The van der Waals surface area contributed by atoms with Gasteiger partial charge in [0, 0.05) is 6.54 Å². The quantitative estimate of drug-likeness (QED) is 0.653. The predicted molar refractivity (Wildman–Crippen MR) is 65.8 cm³/mol. The molecule has 0 spiro atoms. The van der Waals surface area contributed by atoms with Gasteiger partial charge in [0.05, 0.1) is 0 Å². The van der Waals surface area contributed by atoms with Crippen molar-refractivity contribution in [2.24, 2.45) is 5.73 Å². The lowest BCUT2D eigenvalue weighted by molar-refractivity contribution is 0.907. The molecule has 74 valence electrons. The maximum Gasteiger partial charge on any atom is 0.172 e. The Morgan fingerprint density at radius 3 is 2.43 bits per heavy atom. The van der Waals surface area contributed by atoms with E-state index in [1.54, 1.807) is 0 Å². The zero-order valence-electron chi connectivity index (χ0n) is 7.49. The SMILES string of the molecule is NC(=S)NC(=S)NCc1ccccc1. The number of hydrogen-bond donors (Lipinski definition) is 3. The zero-order valence-corrected chi connectivity index (χ0v) is 9.12. The summed E-state index contributed by atoms with van der Waals surface area (Å²) in [5.74, 6) is 0. The number of hydrogen-bond acceptors (Lipinski definition) is 2. The Kier molecular flexibility index (Phi) is 4.28. The molecule has 1 aromatic rings. The summed E-state index contributed by atoms with van der Waals surface area (Å²) in [5.41, 5.74) is 6.41. The number of benzene rings is 1. The summed E-state index contributed by atoms with van der Waals surface area (Å²) < 4.78 is 0. The van der Waals surface area contributed by atoms with Crippen LogP contribution in [0.25, 0.3) is 0 Å². The van der Waals surface area contributed by atoms with Crippen LogP contribution in [-0.2, 0) is 6.54 Å². The zero-order chi connectivity index (χ0) is 10.4. The third-order valence-electron chi connectivity index (χ3n) is 1.53. The van der Waals surface area contributed by atoms with Gasteiger partial charge in [0.2, 0.25) is 0 Å². The van der Waals surface area contributed by atoms with E-state index in [1.807, 2.05) is 30.3 Å². The van der Waals surface area contributed by atoms with Crippen molar-refractivity contribution in [3.63, 3.8) is 0 Å². The van der Waals surface area contributed by atoms with Crippen LogP contribution in [0.5, 0.6) is 0 Å². The molecule has 1 aromatic carbocycles. The molecule has 14 heavy (non-hydrogen) atoms. The average molecular weight is 225 g/mol. The van der Waals surface area contributed by atoms with Crippen LogP contribution in [0.4, 0.5) is 0 Å². The van der Waals surface area contributed by atoms with E-state index in [4.69, 9.17) is 18.0 Å². The Labute approximate surface area is 93.7 Å². The second kappa shape index (κ2) is 5.51. The number of nitrogens with one attached hydrogen (secondary N) is 2. The molecule has 0 bridgehead atoms. The number of thiocarbonyl (C=S) groups is 2. The van der Waals surface area contributed by atoms with Crippen molar-refractivity contribution in [1.29, 1.82) is 0 Å². The van der Waals surface area contributed by atoms with Crippen molar-refractivity contribution in [3.8, 4) is 0 Å². The highest BCUT2D eigenvalue weighted by atomic mass is 32.1. The van der Waals surface area contributed by atoms with E-state index in [-0.39, 0.29) is 5.11 Å². The maximum absolute atomic E-state index is 5.26. The molecular weight excluding hydrogens is 214 g/mol. The van der Waals surface area contributed by atoms with E-state index < -0.39 is 0 Å². The number of nitrogens with two attached hydrogens (primary N) is 1. The van der Waals surface area contributed by atoms with Crippen LogP contribution < -0.4 is 16.4 Å². The smallest absolute Gasteiger partial charge is 0.172 e. The second-order valence-electron chi connectivity index (χ2n) is 2.66. The molecule has 4 N–H and O–H groups in total. The van der Waals surface area contributed by atoms with Gasteiger partial charge < -0.3 is 16.4 Å². The van der Waals surface area contributed by atoms with Crippen molar-refractivity contribution < 1.29 is 0 Å². The highest BCUT2D eigenvalue weighted by Crippen LogP contribution is 1.96. The summed E-state index contributed by atoms with van der Waals surface area (Å²) in [5, 5.41) is 6.25. The van der Waals surface area contributed by atoms with Gasteiger partial charge in [0.15, 0.2) is 10.2 Å².